The molecular weight excluding hydrogens is 426 g/mol. The van der Waals surface area contributed by atoms with Gasteiger partial charge in [-0.05, 0) is 44.5 Å². The number of carbonyl (C=O) groups excluding carboxylic acids is 4. The Labute approximate surface area is 179 Å². The molecule has 0 aliphatic carbocycles. The summed E-state index contributed by atoms with van der Waals surface area (Å²) in [6.07, 6.45) is -0.816. The minimum Gasteiger partial charge on any atom is -0.448 e. The van der Waals surface area contributed by atoms with Crippen LogP contribution in [0.3, 0.4) is 0 Å². The Morgan fingerprint density at radius 3 is 2.45 bits per heavy atom. The molecule has 0 bridgehead atoms. The fraction of sp³-hybridized carbons (Fsp3) is 0.450. The summed E-state index contributed by atoms with van der Waals surface area (Å²) in [7, 11) is -3.22. The van der Waals surface area contributed by atoms with Crippen molar-refractivity contribution >= 4 is 44.8 Å². The van der Waals surface area contributed by atoms with E-state index in [9.17, 15) is 27.6 Å². The van der Waals surface area contributed by atoms with Gasteiger partial charge in [0, 0.05) is 24.1 Å². The Balaban J connectivity index is 1.61. The van der Waals surface area contributed by atoms with Crippen LogP contribution < -0.4 is 5.32 Å². The van der Waals surface area contributed by atoms with Crippen molar-refractivity contribution in [1.82, 2.24) is 5.01 Å². The van der Waals surface area contributed by atoms with Crippen molar-refractivity contribution < 1.29 is 32.3 Å². The van der Waals surface area contributed by atoms with Crippen molar-refractivity contribution in [2.24, 2.45) is 5.10 Å². The number of carbonyl (C=O) groups is 4. The van der Waals surface area contributed by atoms with Gasteiger partial charge in [0.05, 0.1) is 17.5 Å². The van der Waals surface area contributed by atoms with Gasteiger partial charge in [-0.2, -0.15) is 5.10 Å². The van der Waals surface area contributed by atoms with Crippen LogP contribution in [0.15, 0.2) is 29.4 Å². The number of nitrogens with one attached hydrogen (secondary N) is 1. The van der Waals surface area contributed by atoms with Crippen molar-refractivity contribution in [3.63, 3.8) is 0 Å². The fourth-order valence-electron chi connectivity index (χ4n) is 3.29. The third-order valence-corrected chi connectivity index (χ3v) is 6.81. The van der Waals surface area contributed by atoms with Gasteiger partial charge in [0.25, 0.3) is 5.91 Å². The molecule has 1 saturated heterocycles. The van der Waals surface area contributed by atoms with E-state index in [0.717, 1.165) is 5.01 Å². The fourth-order valence-corrected chi connectivity index (χ4v) is 4.98. The van der Waals surface area contributed by atoms with Crippen molar-refractivity contribution in [2.75, 3.05) is 16.8 Å². The lowest BCUT2D eigenvalue weighted by Crippen LogP contribution is -2.42. The van der Waals surface area contributed by atoms with Crippen molar-refractivity contribution in [2.45, 2.75) is 45.3 Å². The Kier molecular flexibility index (Phi) is 6.54. The summed E-state index contributed by atoms with van der Waals surface area (Å²) < 4.78 is 28.6. The number of hydrazone groups is 1. The normalized spacial score (nSPS) is 21.2. The Bertz CT molecular complexity index is 1050. The molecule has 0 unspecified atom stereocenters. The number of sulfone groups is 1. The SMILES string of the molecule is CC(=O)c1ccc(NC(=O)[C@@H](C)OC(=O)C2=NN([C@H]3CCS(=O)(=O)C3)C(=O)CC2)cc1. The number of ketones is 1. The monoisotopic (exact) mass is 449 g/mol. The second kappa shape index (κ2) is 8.96. The molecule has 31 heavy (non-hydrogen) atoms. The van der Waals surface area contributed by atoms with Crippen LogP contribution in [-0.2, 0) is 29.0 Å². The summed E-state index contributed by atoms with van der Waals surface area (Å²) in [5, 5.41) is 7.68. The standard InChI is InChI=1S/C20H23N3O7S/c1-12(24)14-3-5-15(6-4-14)21-19(26)13(2)30-20(27)17-7-8-18(25)23(22-17)16-9-10-31(28,29)11-16/h3-6,13,16H,7-11H2,1-2H3,(H,21,26)/t13-,16+/m1/s1. The highest BCUT2D eigenvalue weighted by atomic mass is 32.2. The summed E-state index contributed by atoms with van der Waals surface area (Å²) in [5.74, 6) is -2.08. The van der Waals surface area contributed by atoms with Crippen molar-refractivity contribution in [1.29, 1.82) is 0 Å². The maximum absolute atomic E-state index is 12.5. The number of Topliss-reactive ketones (excluding diaryl/α,β-unsaturated/α-hetero) is 1. The first kappa shape index (κ1) is 22.6. The molecule has 11 heteroatoms. The van der Waals surface area contributed by atoms with Crippen LogP contribution >= 0.6 is 0 Å². The van der Waals surface area contributed by atoms with Crippen LogP contribution in [0.2, 0.25) is 0 Å². The first-order valence-corrected chi connectivity index (χ1v) is 11.6. The number of hydrogen-bond acceptors (Lipinski definition) is 8. The van der Waals surface area contributed by atoms with Crippen LogP contribution in [0.25, 0.3) is 0 Å². The van der Waals surface area contributed by atoms with Gasteiger partial charge in [0.1, 0.15) is 5.71 Å². The maximum Gasteiger partial charge on any atom is 0.355 e. The molecule has 10 nitrogen and oxygen atoms in total. The average Bonchev–Trinajstić information content (AvgIpc) is 3.08. The molecule has 0 saturated carbocycles. The Morgan fingerprint density at radius 2 is 1.87 bits per heavy atom. The molecule has 2 heterocycles. The zero-order valence-electron chi connectivity index (χ0n) is 17.2. The molecule has 1 aromatic carbocycles. The first-order chi connectivity index (χ1) is 14.6. The number of ether oxygens (including phenoxy) is 1. The molecule has 0 radical (unpaired) electrons. The summed E-state index contributed by atoms with van der Waals surface area (Å²) in [5.41, 5.74) is 0.906. The number of esters is 1. The van der Waals surface area contributed by atoms with E-state index in [1.807, 2.05) is 0 Å². The van der Waals surface area contributed by atoms with Crippen LogP contribution in [0.5, 0.6) is 0 Å². The first-order valence-electron chi connectivity index (χ1n) is 9.78. The number of nitrogens with zero attached hydrogens (tertiary/aromatic N) is 2. The molecule has 3 rings (SSSR count). The quantitative estimate of drug-likeness (QED) is 0.503. The maximum atomic E-state index is 12.5. The van der Waals surface area contributed by atoms with Gasteiger partial charge in [0.2, 0.25) is 5.91 Å². The lowest BCUT2D eigenvalue weighted by molar-refractivity contribution is -0.147. The lowest BCUT2D eigenvalue weighted by Gasteiger charge is -2.27. The zero-order valence-corrected chi connectivity index (χ0v) is 18.0. The predicted octanol–water partition coefficient (Wildman–Crippen LogP) is 0.925. The highest BCUT2D eigenvalue weighted by Gasteiger charge is 2.37. The largest absolute Gasteiger partial charge is 0.448 e. The molecule has 1 aromatic rings. The average molecular weight is 449 g/mol. The van der Waals surface area contributed by atoms with Crippen LogP contribution in [0.1, 0.15) is 43.5 Å². The highest BCUT2D eigenvalue weighted by Crippen LogP contribution is 2.22. The van der Waals surface area contributed by atoms with E-state index < -0.39 is 33.9 Å². The van der Waals surface area contributed by atoms with Gasteiger partial charge in [-0.3, -0.25) is 14.4 Å². The molecule has 2 atom stereocenters. The zero-order chi connectivity index (χ0) is 22.8. The summed E-state index contributed by atoms with van der Waals surface area (Å²) in [6.45, 7) is 2.83. The third-order valence-electron chi connectivity index (χ3n) is 5.06. The van der Waals surface area contributed by atoms with Gasteiger partial charge < -0.3 is 10.1 Å². The second-order valence-corrected chi connectivity index (χ2v) is 9.74. The number of hydrogen-bond donors (Lipinski definition) is 1. The molecular formula is C20H23N3O7S. The van der Waals surface area contributed by atoms with E-state index in [1.54, 1.807) is 24.3 Å². The molecule has 1 N–H and O–H groups in total. The topological polar surface area (TPSA) is 139 Å². The van der Waals surface area contributed by atoms with E-state index in [0.29, 0.717) is 11.3 Å². The van der Waals surface area contributed by atoms with E-state index in [4.69, 9.17) is 4.74 Å². The molecule has 2 amide bonds. The van der Waals surface area contributed by atoms with Crippen LogP contribution in [0.4, 0.5) is 5.69 Å². The van der Waals surface area contributed by atoms with Crippen LogP contribution in [0, 0.1) is 0 Å². The Morgan fingerprint density at radius 1 is 1.19 bits per heavy atom. The van der Waals surface area contributed by atoms with E-state index in [1.165, 1.54) is 13.8 Å². The van der Waals surface area contributed by atoms with Gasteiger partial charge in [-0.1, -0.05) is 0 Å². The minimum absolute atomic E-state index is 0.00750. The number of benzene rings is 1. The van der Waals surface area contributed by atoms with Gasteiger partial charge in [-0.15, -0.1) is 0 Å². The van der Waals surface area contributed by atoms with Crippen LogP contribution in [-0.4, -0.2) is 66.4 Å². The second-order valence-electron chi connectivity index (χ2n) is 7.51. The summed E-state index contributed by atoms with van der Waals surface area (Å²) >= 11 is 0. The van der Waals surface area contributed by atoms with E-state index in [2.05, 4.69) is 10.4 Å². The van der Waals surface area contributed by atoms with Gasteiger partial charge in [-0.25, -0.2) is 18.2 Å². The smallest absolute Gasteiger partial charge is 0.355 e. The van der Waals surface area contributed by atoms with Gasteiger partial charge in [0.15, 0.2) is 21.7 Å². The minimum atomic E-state index is -3.22. The van der Waals surface area contributed by atoms with E-state index >= 15 is 0 Å². The number of rotatable bonds is 6. The molecule has 0 spiro atoms. The van der Waals surface area contributed by atoms with E-state index in [-0.39, 0.29) is 48.2 Å². The van der Waals surface area contributed by atoms with Crippen molar-refractivity contribution in [3.05, 3.63) is 29.8 Å². The molecule has 0 aromatic heterocycles. The molecule has 1 fully saturated rings. The highest BCUT2D eigenvalue weighted by molar-refractivity contribution is 7.91. The molecule has 166 valence electrons. The van der Waals surface area contributed by atoms with Crippen molar-refractivity contribution in [3.8, 4) is 0 Å². The summed E-state index contributed by atoms with van der Waals surface area (Å²) in [6, 6.07) is 5.67. The van der Waals surface area contributed by atoms with Gasteiger partial charge >= 0.3 is 5.97 Å². The Hall–Kier alpha value is -3.08. The lowest BCUT2D eigenvalue weighted by atomic mass is 10.1. The number of anilines is 1. The summed E-state index contributed by atoms with van der Waals surface area (Å²) in [4.78, 5) is 48.2. The predicted molar refractivity (Wildman–Crippen MR) is 111 cm³/mol. The molecule has 2 aliphatic rings. The molecule has 2 aliphatic heterocycles. The third kappa shape index (κ3) is 5.54. The number of amides is 2.